The molecule has 0 saturated carbocycles. The Morgan fingerprint density at radius 3 is 2.08 bits per heavy atom. The summed E-state index contributed by atoms with van der Waals surface area (Å²) in [5, 5.41) is 0. The van der Waals surface area contributed by atoms with E-state index in [4.69, 9.17) is 17.7 Å². The van der Waals surface area contributed by atoms with Gasteiger partial charge >= 0.3 is 14.8 Å². The van der Waals surface area contributed by atoms with E-state index in [1.165, 1.54) is 0 Å². The van der Waals surface area contributed by atoms with Crippen molar-refractivity contribution < 1.29 is 22.5 Å². The minimum Gasteiger partial charge on any atom is -0.519 e. The van der Waals surface area contributed by atoms with Gasteiger partial charge in [-0.05, 0) is 66.8 Å². The summed E-state index contributed by atoms with van der Waals surface area (Å²) in [4.78, 5) is 13.9. The van der Waals surface area contributed by atoms with E-state index in [2.05, 4.69) is 13.8 Å². The monoisotopic (exact) mass is 393 g/mol. The van der Waals surface area contributed by atoms with E-state index in [0.29, 0.717) is 19.8 Å². The Kier molecular flexibility index (Phi) is 12.1. The number of likely N-dealkylation sites (N-methyl/N-ethyl adjacent to an activating group) is 1. The van der Waals surface area contributed by atoms with Gasteiger partial charge < -0.3 is 17.7 Å². The van der Waals surface area contributed by atoms with Gasteiger partial charge in [0.1, 0.15) is 0 Å². The number of hydrogen-bond donors (Lipinski definition) is 0. The number of hydrogen-bond acceptors (Lipinski definition) is 6. The van der Waals surface area contributed by atoms with E-state index in [1.54, 1.807) is 0 Å². The molecule has 0 N–H and O–H groups in total. The third-order valence-electron chi connectivity index (χ3n) is 3.53. The van der Waals surface area contributed by atoms with Gasteiger partial charge in [0.15, 0.2) is 0 Å². The second kappa shape index (κ2) is 12.2. The van der Waals surface area contributed by atoms with E-state index in [0.717, 1.165) is 25.4 Å². The van der Waals surface area contributed by atoms with E-state index in [-0.39, 0.29) is 12.1 Å². The van der Waals surface area contributed by atoms with Crippen molar-refractivity contribution >= 4 is 23.1 Å². The zero-order valence-electron chi connectivity index (χ0n) is 17.5. The van der Waals surface area contributed by atoms with Crippen LogP contribution in [0.2, 0.25) is 25.7 Å². The second-order valence-corrected chi connectivity index (χ2v) is 14.4. The molecular formula is C17H39NO5Si2. The van der Waals surface area contributed by atoms with Crippen LogP contribution in [0.1, 0.15) is 40.5 Å². The largest absolute Gasteiger partial charge is 0.519 e. The number of rotatable bonds is 14. The fourth-order valence-electron chi connectivity index (χ4n) is 2.38. The second-order valence-electron chi connectivity index (χ2n) is 7.31. The molecule has 0 saturated heterocycles. The zero-order chi connectivity index (χ0) is 19.5. The number of carbonyl (C=O) groups is 1. The predicted octanol–water partition coefficient (Wildman–Crippen LogP) is 3.51. The van der Waals surface area contributed by atoms with Gasteiger partial charge in [0, 0.05) is 25.4 Å². The Morgan fingerprint density at radius 1 is 1.08 bits per heavy atom. The molecule has 1 unspecified atom stereocenters. The quantitative estimate of drug-likeness (QED) is 0.421. The summed E-state index contributed by atoms with van der Waals surface area (Å²) in [6.07, 6.45) is 1.91. The molecule has 0 aromatic heterocycles. The SMILES string of the molecule is CCO[Si](CCCN(C)CC(=O)O[Si](C)(C)C)(OCC)OC(C)CC. The van der Waals surface area contributed by atoms with Crippen LogP contribution < -0.4 is 0 Å². The Hall–Kier alpha value is -0.256. The molecule has 6 nitrogen and oxygen atoms in total. The first-order valence-corrected chi connectivity index (χ1v) is 14.8. The highest BCUT2D eigenvalue weighted by Crippen LogP contribution is 2.21. The Labute approximate surface area is 156 Å². The summed E-state index contributed by atoms with van der Waals surface area (Å²) >= 11 is 0. The Balaban J connectivity index is 4.54. The lowest BCUT2D eigenvalue weighted by Gasteiger charge is -2.32. The summed E-state index contributed by atoms with van der Waals surface area (Å²) in [7, 11) is -2.55. The molecule has 0 fully saturated rings. The highest BCUT2D eigenvalue weighted by Gasteiger charge is 2.41. The topological polar surface area (TPSA) is 57.2 Å². The lowest BCUT2D eigenvalue weighted by molar-refractivity contribution is -0.136. The molecular weight excluding hydrogens is 354 g/mol. The van der Waals surface area contributed by atoms with Crippen molar-refractivity contribution in [1.82, 2.24) is 4.90 Å². The molecule has 0 bridgehead atoms. The van der Waals surface area contributed by atoms with Crippen molar-refractivity contribution in [2.45, 2.75) is 72.3 Å². The Bertz CT molecular complexity index is 371. The lowest BCUT2D eigenvalue weighted by Crippen LogP contribution is -2.48. The van der Waals surface area contributed by atoms with E-state index in [1.807, 2.05) is 45.4 Å². The Morgan fingerprint density at radius 2 is 1.64 bits per heavy atom. The normalized spacial score (nSPS) is 14.0. The van der Waals surface area contributed by atoms with Gasteiger partial charge in [-0.2, -0.15) is 0 Å². The standard InChI is InChI=1S/C17H39NO5Si2/c1-9-16(4)22-25(20-10-2,21-11-3)14-12-13-18(5)15-17(19)23-24(6,7)8/h16H,9-15H2,1-8H3. The van der Waals surface area contributed by atoms with Gasteiger partial charge in [-0.15, -0.1) is 0 Å². The average molecular weight is 394 g/mol. The number of nitrogens with zero attached hydrogens (tertiary/aromatic N) is 1. The van der Waals surface area contributed by atoms with Gasteiger partial charge in [-0.1, -0.05) is 6.92 Å². The smallest absolute Gasteiger partial charge is 0.501 e. The van der Waals surface area contributed by atoms with Crippen LogP contribution in [0.15, 0.2) is 0 Å². The highest BCUT2D eigenvalue weighted by atomic mass is 28.4. The molecule has 0 aliphatic heterocycles. The fourth-order valence-corrected chi connectivity index (χ4v) is 6.01. The van der Waals surface area contributed by atoms with Gasteiger partial charge in [0.25, 0.3) is 0 Å². The molecule has 0 aliphatic carbocycles. The van der Waals surface area contributed by atoms with Gasteiger partial charge in [-0.25, -0.2) is 0 Å². The first-order chi connectivity index (χ1) is 11.6. The van der Waals surface area contributed by atoms with Crippen LogP contribution in [0.25, 0.3) is 0 Å². The van der Waals surface area contributed by atoms with Crippen LogP contribution in [0.4, 0.5) is 0 Å². The maximum Gasteiger partial charge on any atom is 0.501 e. The summed E-state index contributed by atoms with van der Waals surface area (Å²) in [5.74, 6) is -0.143. The van der Waals surface area contributed by atoms with E-state index >= 15 is 0 Å². The van der Waals surface area contributed by atoms with Crippen molar-refractivity contribution in [1.29, 1.82) is 0 Å². The molecule has 0 heterocycles. The molecule has 0 aliphatic rings. The van der Waals surface area contributed by atoms with Crippen LogP contribution in [-0.2, 0) is 22.5 Å². The first kappa shape index (κ1) is 24.7. The molecule has 25 heavy (non-hydrogen) atoms. The minimum atomic E-state index is -2.66. The molecule has 0 aromatic carbocycles. The van der Waals surface area contributed by atoms with Gasteiger partial charge in [-0.3, -0.25) is 9.69 Å². The maximum absolute atomic E-state index is 11.9. The van der Waals surface area contributed by atoms with Crippen molar-refractivity contribution in [3.63, 3.8) is 0 Å². The number of carbonyl (C=O) groups excluding carboxylic acids is 1. The van der Waals surface area contributed by atoms with Crippen molar-refractivity contribution in [3.05, 3.63) is 0 Å². The van der Waals surface area contributed by atoms with Crippen molar-refractivity contribution in [2.24, 2.45) is 0 Å². The summed E-state index contributed by atoms with van der Waals surface area (Å²) in [6, 6.07) is 0.756. The third-order valence-corrected chi connectivity index (χ3v) is 7.55. The third kappa shape index (κ3) is 11.9. The fraction of sp³-hybridized carbons (Fsp3) is 0.941. The molecule has 0 spiro atoms. The minimum absolute atomic E-state index is 0.120. The van der Waals surface area contributed by atoms with E-state index < -0.39 is 17.1 Å². The summed E-state index contributed by atoms with van der Waals surface area (Å²) in [6.45, 7) is 16.4. The van der Waals surface area contributed by atoms with Crippen LogP contribution >= 0.6 is 0 Å². The molecule has 8 heteroatoms. The van der Waals surface area contributed by atoms with Crippen LogP contribution in [0.3, 0.4) is 0 Å². The molecule has 0 rings (SSSR count). The van der Waals surface area contributed by atoms with Gasteiger partial charge in [0.2, 0.25) is 8.32 Å². The summed E-state index contributed by atoms with van der Waals surface area (Å²) < 4.78 is 23.6. The first-order valence-electron chi connectivity index (χ1n) is 9.43. The average Bonchev–Trinajstić information content (AvgIpc) is 2.45. The lowest BCUT2D eigenvalue weighted by atomic mass is 10.3. The van der Waals surface area contributed by atoms with E-state index in [9.17, 15) is 4.79 Å². The summed E-state index contributed by atoms with van der Waals surface area (Å²) in [5.41, 5.74) is 0. The molecule has 0 aromatic rings. The van der Waals surface area contributed by atoms with Crippen LogP contribution in [-0.4, -0.2) is 67.4 Å². The molecule has 0 amide bonds. The predicted molar refractivity (Wildman–Crippen MR) is 106 cm³/mol. The molecule has 1 atom stereocenters. The maximum atomic E-state index is 11.9. The van der Waals surface area contributed by atoms with Gasteiger partial charge in [0.05, 0.1) is 6.54 Å². The highest BCUT2D eigenvalue weighted by molar-refractivity contribution is 6.71. The molecule has 150 valence electrons. The van der Waals surface area contributed by atoms with Crippen LogP contribution in [0.5, 0.6) is 0 Å². The van der Waals surface area contributed by atoms with Crippen LogP contribution in [0, 0.1) is 0 Å². The zero-order valence-corrected chi connectivity index (χ0v) is 19.5. The van der Waals surface area contributed by atoms with Crippen molar-refractivity contribution in [2.75, 3.05) is 33.4 Å². The van der Waals surface area contributed by atoms with Crippen molar-refractivity contribution in [3.8, 4) is 0 Å². The molecule has 0 radical (unpaired) electrons.